The number of hydrogen-bond donors (Lipinski definition) is 1. The maximum absolute atomic E-state index is 6.03. The number of benzene rings is 1. The smallest absolute Gasteiger partial charge is 0.130 e. The van der Waals surface area contributed by atoms with Crippen LogP contribution in [0, 0.1) is 0 Å². The van der Waals surface area contributed by atoms with Crippen LogP contribution in [0.3, 0.4) is 0 Å². The Balaban J connectivity index is 2.23. The maximum atomic E-state index is 6.03. The third-order valence-electron chi connectivity index (χ3n) is 1.92. The summed E-state index contributed by atoms with van der Waals surface area (Å²) in [6.45, 7) is 0. The molecule has 5 heteroatoms. The van der Waals surface area contributed by atoms with Gasteiger partial charge >= 0.3 is 0 Å². The molecular weight excluding hydrogens is 311 g/mol. The van der Waals surface area contributed by atoms with Gasteiger partial charge in [-0.05, 0) is 46.3 Å². The summed E-state index contributed by atoms with van der Waals surface area (Å²) in [7, 11) is 0. The van der Waals surface area contributed by atoms with E-state index in [1.54, 1.807) is 18.3 Å². The van der Waals surface area contributed by atoms with E-state index in [0.717, 1.165) is 16.0 Å². The van der Waals surface area contributed by atoms with E-state index in [1.807, 2.05) is 18.2 Å². The van der Waals surface area contributed by atoms with Gasteiger partial charge in [-0.25, -0.2) is 4.98 Å². The van der Waals surface area contributed by atoms with Gasteiger partial charge in [0.15, 0.2) is 0 Å². The zero-order valence-corrected chi connectivity index (χ0v) is 11.1. The van der Waals surface area contributed by atoms with Crippen molar-refractivity contribution in [3.63, 3.8) is 0 Å². The monoisotopic (exact) mass is 316 g/mol. The Morgan fingerprint density at radius 1 is 1.12 bits per heavy atom. The zero-order chi connectivity index (χ0) is 11.5. The molecule has 0 amide bonds. The van der Waals surface area contributed by atoms with E-state index in [1.165, 1.54) is 0 Å². The topological polar surface area (TPSA) is 24.9 Å². The minimum atomic E-state index is 0.567. The Morgan fingerprint density at radius 3 is 2.56 bits per heavy atom. The third kappa shape index (κ3) is 2.88. The average Bonchev–Trinajstić information content (AvgIpc) is 2.25. The number of rotatable bonds is 2. The molecule has 1 N–H and O–H groups in total. The van der Waals surface area contributed by atoms with Crippen molar-refractivity contribution in [3.8, 4) is 0 Å². The molecule has 1 heterocycles. The first-order valence-corrected chi connectivity index (χ1v) is 6.04. The predicted octanol–water partition coefficient (Wildman–Crippen LogP) is 4.89. The fourth-order valence-electron chi connectivity index (χ4n) is 1.18. The minimum absolute atomic E-state index is 0.567. The lowest BCUT2D eigenvalue weighted by molar-refractivity contribution is 1.29. The summed E-state index contributed by atoms with van der Waals surface area (Å²) in [6.07, 6.45) is 1.71. The van der Waals surface area contributed by atoms with E-state index in [-0.39, 0.29) is 0 Å². The number of aromatic nitrogens is 1. The Hall–Kier alpha value is -0.770. The van der Waals surface area contributed by atoms with E-state index in [0.29, 0.717) is 10.0 Å². The zero-order valence-electron chi connectivity index (χ0n) is 8.05. The molecule has 0 radical (unpaired) electrons. The van der Waals surface area contributed by atoms with E-state index in [4.69, 9.17) is 23.2 Å². The summed E-state index contributed by atoms with van der Waals surface area (Å²) in [4.78, 5) is 4.19. The highest BCUT2D eigenvalue weighted by molar-refractivity contribution is 9.10. The molecule has 0 saturated heterocycles. The van der Waals surface area contributed by atoms with Crippen LogP contribution in [-0.2, 0) is 0 Å². The van der Waals surface area contributed by atoms with Crippen molar-refractivity contribution in [3.05, 3.63) is 51.0 Å². The summed E-state index contributed by atoms with van der Waals surface area (Å²) >= 11 is 15.2. The second kappa shape index (κ2) is 5.04. The molecule has 1 aromatic heterocycles. The molecule has 0 aliphatic rings. The fraction of sp³-hybridized carbons (Fsp3) is 0. The predicted molar refractivity (Wildman–Crippen MR) is 71.7 cm³/mol. The van der Waals surface area contributed by atoms with Crippen molar-refractivity contribution in [1.29, 1.82) is 0 Å². The molecular formula is C11H7BrCl2N2. The van der Waals surface area contributed by atoms with Crippen LogP contribution in [0.5, 0.6) is 0 Å². The Morgan fingerprint density at radius 2 is 1.94 bits per heavy atom. The second-order valence-electron chi connectivity index (χ2n) is 3.11. The van der Waals surface area contributed by atoms with Gasteiger partial charge in [0.1, 0.15) is 5.82 Å². The molecule has 2 nitrogen and oxygen atoms in total. The fourth-order valence-corrected chi connectivity index (χ4v) is 1.87. The highest BCUT2D eigenvalue weighted by Gasteiger charge is 2.02. The molecule has 2 rings (SSSR count). The van der Waals surface area contributed by atoms with Gasteiger partial charge in [0.25, 0.3) is 0 Å². The van der Waals surface area contributed by atoms with E-state index in [9.17, 15) is 0 Å². The second-order valence-corrected chi connectivity index (χ2v) is 4.87. The van der Waals surface area contributed by atoms with Gasteiger partial charge in [-0.1, -0.05) is 23.2 Å². The van der Waals surface area contributed by atoms with Crippen molar-refractivity contribution in [2.45, 2.75) is 0 Å². The number of hydrogen-bond acceptors (Lipinski definition) is 2. The molecule has 1 aromatic carbocycles. The normalized spacial score (nSPS) is 10.2. The van der Waals surface area contributed by atoms with Crippen molar-refractivity contribution in [1.82, 2.24) is 4.98 Å². The number of nitrogens with one attached hydrogen (secondary N) is 1. The third-order valence-corrected chi connectivity index (χ3v) is 2.94. The van der Waals surface area contributed by atoms with Crippen LogP contribution in [0.25, 0.3) is 0 Å². The highest BCUT2D eigenvalue weighted by Crippen LogP contribution is 2.27. The lowest BCUT2D eigenvalue weighted by atomic mass is 10.3. The first-order valence-electron chi connectivity index (χ1n) is 4.49. The molecule has 0 spiro atoms. The lowest BCUT2D eigenvalue weighted by Gasteiger charge is -2.07. The Labute approximate surface area is 112 Å². The van der Waals surface area contributed by atoms with Crippen molar-refractivity contribution in [2.75, 3.05) is 5.32 Å². The minimum Gasteiger partial charge on any atom is -0.339 e. The molecule has 16 heavy (non-hydrogen) atoms. The molecule has 2 aromatic rings. The molecule has 0 aliphatic heterocycles. The van der Waals surface area contributed by atoms with Crippen LogP contribution in [0.4, 0.5) is 11.5 Å². The largest absolute Gasteiger partial charge is 0.339 e. The van der Waals surface area contributed by atoms with Crippen molar-refractivity contribution < 1.29 is 0 Å². The summed E-state index contributed by atoms with van der Waals surface area (Å²) in [5, 5.41) is 4.28. The average molecular weight is 318 g/mol. The molecule has 0 unspecified atom stereocenters. The molecule has 0 saturated carbocycles. The summed E-state index contributed by atoms with van der Waals surface area (Å²) in [5.74, 6) is 0.729. The van der Waals surface area contributed by atoms with Crippen LogP contribution >= 0.6 is 39.1 Å². The van der Waals surface area contributed by atoms with Gasteiger partial charge in [0, 0.05) is 15.7 Å². The summed E-state index contributed by atoms with van der Waals surface area (Å²) in [6, 6.07) is 9.03. The molecule has 0 bridgehead atoms. The van der Waals surface area contributed by atoms with Crippen LogP contribution in [0.2, 0.25) is 10.0 Å². The van der Waals surface area contributed by atoms with Crippen LogP contribution in [-0.4, -0.2) is 4.98 Å². The SMILES string of the molecule is Clc1ccc(Nc2ccc(Br)cn2)c(Cl)c1. The number of anilines is 2. The van der Waals surface area contributed by atoms with Gasteiger partial charge in [-0.15, -0.1) is 0 Å². The van der Waals surface area contributed by atoms with Gasteiger partial charge in [0.05, 0.1) is 10.7 Å². The van der Waals surface area contributed by atoms with Crippen LogP contribution in [0.15, 0.2) is 41.0 Å². The molecule has 0 fully saturated rings. The van der Waals surface area contributed by atoms with E-state index >= 15 is 0 Å². The van der Waals surface area contributed by atoms with Crippen molar-refractivity contribution >= 4 is 50.6 Å². The maximum Gasteiger partial charge on any atom is 0.130 e. The van der Waals surface area contributed by atoms with Gasteiger partial charge in [-0.3, -0.25) is 0 Å². The standard InChI is InChI=1S/C11H7BrCl2N2/c12-7-1-4-11(15-6-7)16-10-3-2-8(13)5-9(10)14/h1-6H,(H,15,16). The first-order chi connectivity index (χ1) is 7.65. The number of halogens is 3. The Bertz CT molecular complexity index is 500. The van der Waals surface area contributed by atoms with E-state index < -0.39 is 0 Å². The number of pyridine rings is 1. The molecule has 82 valence electrons. The Kier molecular flexibility index (Phi) is 3.69. The quantitative estimate of drug-likeness (QED) is 0.852. The van der Waals surface area contributed by atoms with Gasteiger partial charge < -0.3 is 5.32 Å². The molecule has 0 aliphatic carbocycles. The first kappa shape index (κ1) is 11.7. The number of nitrogens with zero attached hydrogens (tertiary/aromatic N) is 1. The molecule has 0 atom stereocenters. The van der Waals surface area contributed by atoms with Crippen LogP contribution in [0.1, 0.15) is 0 Å². The van der Waals surface area contributed by atoms with Gasteiger partial charge in [0.2, 0.25) is 0 Å². The van der Waals surface area contributed by atoms with Crippen molar-refractivity contribution in [2.24, 2.45) is 0 Å². The van der Waals surface area contributed by atoms with Crippen LogP contribution < -0.4 is 5.32 Å². The summed E-state index contributed by atoms with van der Waals surface area (Å²) < 4.78 is 0.931. The van der Waals surface area contributed by atoms with E-state index in [2.05, 4.69) is 26.2 Å². The lowest BCUT2D eigenvalue weighted by Crippen LogP contribution is -1.93. The highest BCUT2D eigenvalue weighted by atomic mass is 79.9. The van der Waals surface area contributed by atoms with Gasteiger partial charge in [-0.2, -0.15) is 0 Å². The summed E-state index contributed by atoms with van der Waals surface area (Å²) in [5.41, 5.74) is 0.779.